The molecule has 1 aliphatic heterocycles. The Kier molecular flexibility index (Phi) is 38.8. The molecule has 0 saturated carbocycles. The standard InChI is InChI=1S/C51H94O12S/c1-3-5-7-9-11-13-15-17-19-20-21-22-23-24-26-27-29-31-33-35-37-39-46(52)60-41-44(42-61-51-50(56)49(55)48(54)45(63-51)43-64(57,58)59)62-47(53)40-38-36-34-32-30-28-25-18-16-14-12-10-8-6-4-2/h4,17,19,44-45,48-51,54-56H,2-3,5-16,18,20-43H2,1H3,(H,57,58,59)/b19-17+/t44-,45-,48-,49?,50?,51+/m1/s1. The van der Waals surface area contributed by atoms with Gasteiger partial charge in [0.05, 0.1) is 6.61 Å². The molecule has 4 N–H and O–H groups in total. The molecular formula is C51H94O12S. The average molecular weight is 931 g/mol. The lowest BCUT2D eigenvalue weighted by Gasteiger charge is -2.40. The molecule has 0 bridgehead atoms. The molecule has 0 aromatic heterocycles. The molecular weight excluding hydrogens is 837 g/mol. The van der Waals surface area contributed by atoms with Crippen LogP contribution in [-0.2, 0) is 38.7 Å². The summed E-state index contributed by atoms with van der Waals surface area (Å²) in [7, 11) is -4.60. The van der Waals surface area contributed by atoms with Crippen LogP contribution in [0.2, 0.25) is 0 Å². The Labute approximate surface area is 389 Å². The summed E-state index contributed by atoms with van der Waals surface area (Å²) in [5.74, 6) is -1.97. The van der Waals surface area contributed by atoms with Crippen LogP contribution < -0.4 is 0 Å². The predicted octanol–water partition coefficient (Wildman–Crippen LogP) is 11.6. The number of unbranched alkanes of at least 4 members (excludes halogenated alkanes) is 30. The monoisotopic (exact) mass is 931 g/mol. The topological polar surface area (TPSA) is 186 Å². The largest absolute Gasteiger partial charge is 0.462 e. The number of esters is 2. The average Bonchev–Trinajstić information content (AvgIpc) is 3.26. The second-order valence-electron chi connectivity index (χ2n) is 18.3. The summed E-state index contributed by atoms with van der Waals surface area (Å²) in [5.41, 5.74) is 0. The second-order valence-corrected chi connectivity index (χ2v) is 19.8. The van der Waals surface area contributed by atoms with Gasteiger partial charge >= 0.3 is 11.9 Å². The summed E-state index contributed by atoms with van der Waals surface area (Å²) in [5, 5.41) is 31.0. The van der Waals surface area contributed by atoms with Gasteiger partial charge in [-0.3, -0.25) is 14.1 Å². The molecule has 64 heavy (non-hydrogen) atoms. The van der Waals surface area contributed by atoms with Crippen LogP contribution in [0.5, 0.6) is 0 Å². The third kappa shape index (κ3) is 35.3. The first-order valence-electron chi connectivity index (χ1n) is 25.9. The Hall–Kier alpha value is -1.87. The lowest BCUT2D eigenvalue weighted by atomic mass is 10.00. The Morgan fingerprint density at radius 3 is 1.41 bits per heavy atom. The van der Waals surface area contributed by atoms with Gasteiger partial charge in [0.15, 0.2) is 12.4 Å². The lowest BCUT2D eigenvalue weighted by molar-refractivity contribution is -0.297. The molecule has 1 heterocycles. The van der Waals surface area contributed by atoms with Gasteiger partial charge in [0.2, 0.25) is 0 Å². The summed E-state index contributed by atoms with van der Waals surface area (Å²) in [6, 6.07) is 0. The number of rotatable bonds is 45. The highest BCUT2D eigenvalue weighted by Crippen LogP contribution is 2.24. The molecule has 1 fully saturated rings. The van der Waals surface area contributed by atoms with Gasteiger partial charge in [0.25, 0.3) is 10.1 Å². The van der Waals surface area contributed by atoms with E-state index in [0.29, 0.717) is 12.8 Å². The minimum absolute atomic E-state index is 0.165. The Balaban J connectivity index is 2.34. The minimum Gasteiger partial charge on any atom is -0.462 e. The zero-order chi connectivity index (χ0) is 46.9. The lowest BCUT2D eigenvalue weighted by Crippen LogP contribution is -2.60. The van der Waals surface area contributed by atoms with Crippen molar-refractivity contribution in [2.45, 2.75) is 268 Å². The molecule has 1 saturated heterocycles. The molecule has 0 spiro atoms. The van der Waals surface area contributed by atoms with E-state index in [4.69, 9.17) is 18.9 Å². The first-order valence-corrected chi connectivity index (χ1v) is 27.5. The highest BCUT2D eigenvalue weighted by atomic mass is 32.2. The smallest absolute Gasteiger partial charge is 0.306 e. The van der Waals surface area contributed by atoms with E-state index in [0.717, 1.165) is 44.9 Å². The Morgan fingerprint density at radius 2 is 0.969 bits per heavy atom. The number of carbonyl (C=O) groups excluding carboxylic acids is 2. The van der Waals surface area contributed by atoms with Crippen molar-refractivity contribution in [2.24, 2.45) is 0 Å². The third-order valence-corrected chi connectivity index (χ3v) is 12.9. The van der Waals surface area contributed by atoms with Crippen LogP contribution >= 0.6 is 0 Å². The van der Waals surface area contributed by atoms with E-state index in [-0.39, 0.29) is 19.4 Å². The Bertz CT molecular complexity index is 1260. The number of aliphatic hydroxyl groups excluding tert-OH is 3. The molecule has 0 aliphatic carbocycles. The van der Waals surface area contributed by atoms with Gasteiger partial charge in [-0.05, 0) is 51.4 Å². The minimum atomic E-state index is -4.60. The normalized spacial score (nSPS) is 19.5. The van der Waals surface area contributed by atoms with Gasteiger partial charge in [0, 0.05) is 12.8 Å². The van der Waals surface area contributed by atoms with Crippen LogP contribution in [0, 0.1) is 0 Å². The number of ether oxygens (including phenoxy) is 4. The molecule has 6 atom stereocenters. The van der Waals surface area contributed by atoms with Crippen LogP contribution in [0.25, 0.3) is 0 Å². The van der Waals surface area contributed by atoms with Crippen LogP contribution in [0.1, 0.15) is 232 Å². The summed E-state index contributed by atoms with van der Waals surface area (Å²) in [6.07, 6.45) is 36.8. The number of allylic oxidation sites excluding steroid dienone is 3. The maximum Gasteiger partial charge on any atom is 0.306 e. The molecule has 13 heteroatoms. The van der Waals surface area contributed by atoms with E-state index in [1.807, 2.05) is 6.08 Å². The molecule has 2 unspecified atom stereocenters. The van der Waals surface area contributed by atoms with Gasteiger partial charge in [-0.25, -0.2) is 0 Å². The van der Waals surface area contributed by atoms with Gasteiger partial charge in [-0.1, -0.05) is 186 Å². The highest BCUT2D eigenvalue weighted by Gasteiger charge is 2.46. The first-order chi connectivity index (χ1) is 31.0. The molecule has 1 aliphatic rings. The van der Waals surface area contributed by atoms with Crippen LogP contribution in [0.3, 0.4) is 0 Å². The number of hydrogen-bond acceptors (Lipinski definition) is 11. The number of hydrogen-bond donors (Lipinski definition) is 4. The summed E-state index contributed by atoms with van der Waals surface area (Å²) in [4.78, 5) is 25.5. The molecule has 0 radical (unpaired) electrons. The zero-order valence-electron chi connectivity index (χ0n) is 40.2. The predicted molar refractivity (Wildman–Crippen MR) is 256 cm³/mol. The second kappa shape index (κ2) is 41.3. The van der Waals surface area contributed by atoms with E-state index >= 15 is 0 Å². The molecule has 0 aromatic carbocycles. The maximum atomic E-state index is 12.9. The Morgan fingerprint density at radius 1 is 0.562 bits per heavy atom. The summed E-state index contributed by atoms with van der Waals surface area (Å²) in [6.45, 7) is 5.32. The van der Waals surface area contributed by atoms with Crippen molar-refractivity contribution in [3.63, 3.8) is 0 Å². The quantitative estimate of drug-likeness (QED) is 0.0196. The van der Waals surface area contributed by atoms with Crippen molar-refractivity contribution < 1.29 is 56.8 Å². The fraction of sp³-hybridized carbons (Fsp3) is 0.882. The highest BCUT2D eigenvalue weighted by molar-refractivity contribution is 7.85. The van der Waals surface area contributed by atoms with Crippen molar-refractivity contribution in [3.8, 4) is 0 Å². The molecule has 0 aromatic rings. The van der Waals surface area contributed by atoms with E-state index < -0.39 is 71.2 Å². The van der Waals surface area contributed by atoms with Gasteiger partial charge < -0.3 is 34.3 Å². The SMILES string of the molecule is C=CCCCCCCCCCCCCCCCC(=O)O[C@H](COC(=O)CCCCCCCCCCCCC/C=C/CCCCCCCC)CO[C@H]1O[C@H](CS(=O)(=O)O)[C@@H](O)C(O)C1O. The van der Waals surface area contributed by atoms with Crippen molar-refractivity contribution in [3.05, 3.63) is 24.8 Å². The fourth-order valence-electron chi connectivity index (χ4n) is 8.12. The van der Waals surface area contributed by atoms with E-state index in [1.54, 1.807) is 0 Å². The van der Waals surface area contributed by atoms with E-state index in [2.05, 4.69) is 25.7 Å². The van der Waals surface area contributed by atoms with Crippen molar-refractivity contribution in [1.29, 1.82) is 0 Å². The first kappa shape index (κ1) is 60.1. The van der Waals surface area contributed by atoms with Crippen molar-refractivity contribution in [2.75, 3.05) is 19.0 Å². The fourth-order valence-corrected chi connectivity index (χ4v) is 8.81. The molecule has 1 rings (SSSR count). The van der Waals surface area contributed by atoms with Gasteiger partial charge in [0.1, 0.15) is 36.8 Å². The van der Waals surface area contributed by atoms with E-state index in [1.165, 1.54) is 154 Å². The third-order valence-electron chi connectivity index (χ3n) is 12.1. The van der Waals surface area contributed by atoms with Crippen LogP contribution in [0.15, 0.2) is 24.8 Å². The molecule has 0 amide bonds. The maximum absolute atomic E-state index is 12.9. The number of carbonyl (C=O) groups is 2. The molecule has 376 valence electrons. The summed E-state index contributed by atoms with van der Waals surface area (Å²) < 4.78 is 54.2. The van der Waals surface area contributed by atoms with E-state index in [9.17, 15) is 37.9 Å². The van der Waals surface area contributed by atoms with Crippen LogP contribution in [0.4, 0.5) is 0 Å². The van der Waals surface area contributed by atoms with Crippen LogP contribution in [-0.4, -0.2) is 96.0 Å². The number of aliphatic hydroxyl groups is 3. The van der Waals surface area contributed by atoms with Gasteiger partial charge in [-0.15, -0.1) is 6.58 Å². The van der Waals surface area contributed by atoms with Gasteiger partial charge in [-0.2, -0.15) is 8.42 Å². The summed E-state index contributed by atoms with van der Waals surface area (Å²) >= 11 is 0. The molecule has 12 nitrogen and oxygen atoms in total. The van der Waals surface area contributed by atoms with Crippen molar-refractivity contribution in [1.82, 2.24) is 0 Å². The zero-order valence-corrected chi connectivity index (χ0v) is 41.1. The van der Waals surface area contributed by atoms with Crippen molar-refractivity contribution >= 4 is 22.1 Å².